The van der Waals surface area contributed by atoms with Gasteiger partial charge in [0.1, 0.15) is 0 Å². The zero-order valence-electron chi connectivity index (χ0n) is 6.46. The largest absolute Gasteiger partial charge is 0.394 e. The molecule has 1 saturated carbocycles. The Labute approximate surface area is 75.7 Å². The average molecular weight is 200 g/mol. The maximum absolute atomic E-state index is 12.2. The zero-order chi connectivity index (χ0) is 8.06. The Kier molecular flexibility index (Phi) is 2.61. The fraction of sp³-hybridized carbons (Fsp3) is 1.00. The van der Waals surface area contributed by atoms with Gasteiger partial charge in [-0.15, -0.1) is 12.4 Å². The summed E-state index contributed by atoms with van der Waals surface area (Å²) in [4.78, 5) is 0. The first kappa shape index (κ1) is 10.2. The third kappa shape index (κ3) is 1.22. The van der Waals surface area contributed by atoms with Crippen LogP contribution in [0.5, 0.6) is 0 Å². The predicted molar refractivity (Wildman–Crippen MR) is 42.7 cm³/mol. The van der Waals surface area contributed by atoms with Crippen LogP contribution in [0.1, 0.15) is 12.8 Å². The van der Waals surface area contributed by atoms with Crippen LogP contribution >= 0.6 is 12.4 Å². The van der Waals surface area contributed by atoms with Crippen LogP contribution in [-0.2, 0) is 0 Å². The van der Waals surface area contributed by atoms with Gasteiger partial charge in [0.25, 0.3) is 6.43 Å². The van der Waals surface area contributed by atoms with Crippen molar-refractivity contribution in [3.63, 3.8) is 0 Å². The second-order valence-corrected chi connectivity index (χ2v) is 3.61. The van der Waals surface area contributed by atoms with Crippen LogP contribution in [0, 0.1) is 5.92 Å². The van der Waals surface area contributed by atoms with E-state index in [4.69, 9.17) is 5.11 Å². The highest BCUT2D eigenvalue weighted by atomic mass is 35.5. The van der Waals surface area contributed by atoms with E-state index >= 15 is 0 Å². The quantitative estimate of drug-likeness (QED) is 0.689. The van der Waals surface area contributed by atoms with Gasteiger partial charge >= 0.3 is 0 Å². The van der Waals surface area contributed by atoms with Crippen molar-refractivity contribution in [1.82, 2.24) is 5.32 Å². The van der Waals surface area contributed by atoms with Crippen molar-refractivity contribution in [2.45, 2.75) is 30.8 Å². The van der Waals surface area contributed by atoms with Gasteiger partial charge in [0.05, 0.1) is 12.6 Å². The van der Waals surface area contributed by atoms with Gasteiger partial charge in [0, 0.05) is 5.54 Å². The Hall–Kier alpha value is 0.0700. The van der Waals surface area contributed by atoms with Crippen LogP contribution in [0.3, 0.4) is 0 Å². The fourth-order valence-corrected chi connectivity index (χ4v) is 2.23. The molecule has 3 rings (SSSR count). The predicted octanol–water partition coefficient (Wildman–Crippen LogP) is 0.786. The molecule has 72 valence electrons. The molecule has 2 heterocycles. The molecule has 0 aromatic carbocycles. The van der Waals surface area contributed by atoms with E-state index in [-0.39, 0.29) is 30.5 Å². The number of aliphatic hydroxyl groups excluding tert-OH is 1. The lowest BCUT2D eigenvalue weighted by molar-refractivity contribution is 0.0892. The van der Waals surface area contributed by atoms with Crippen LogP contribution in [0.4, 0.5) is 8.78 Å². The Balaban J connectivity index is 0.000000720. The first-order chi connectivity index (χ1) is 5.17. The summed E-state index contributed by atoms with van der Waals surface area (Å²) in [5.74, 6) is 0.0992. The molecular weight excluding hydrogens is 188 g/mol. The molecule has 1 aliphatic carbocycles. The number of aliphatic hydroxyl groups is 1. The van der Waals surface area contributed by atoms with E-state index in [1.165, 1.54) is 0 Å². The number of hydrogen-bond acceptors (Lipinski definition) is 2. The monoisotopic (exact) mass is 199 g/mol. The van der Waals surface area contributed by atoms with Crippen molar-refractivity contribution in [2.75, 3.05) is 6.61 Å². The third-order valence-corrected chi connectivity index (χ3v) is 2.86. The van der Waals surface area contributed by atoms with Crippen LogP contribution in [-0.4, -0.2) is 29.7 Å². The maximum Gasteiger partial charge on any atom is 0.253 e. The zero-order valence-corrected chi connectivity index (χ0v) is 7.28. The number of halogens is 3. The Morgan fingerprint density at radius 1 is 1.50 bits per heavy atom. The van der Waals surface area contributed by atoms with E-state index in [0.717, 1.165) is 12.8 Å². The lowest BCUT2D eigenvalue weighted by atomic mass is 9.72. The molecule has 3 fully saturated rings. The van der Waals surface area contributed by atoms with Gasteiger partial charge in [-0.2, -0.15) is 0 Å². The third-order valence-electron chi connectivity index (χ3n) is 2.86. The summed E-state index contributed by atoms with van der Waals surface area (Å²) < 4.78 is 24.4. The fourth-order valence-electron chi connectivity index (χ4n) is 2.23. The summed E-state index contributed by atoms with van der Waals surface area (Å²) in [5, 5.41) is 11.6. The van der Waals surface area contributed by atoms with Crippen molar-refractivity contribution < 1.29 is 13.9 Å². The molecule has 2 aliphatic heterocycles. The summed E-state index contributed by atoms with van der Waals surface area (Å²) in [6.07, 6.45) is -0.840. The SMILES string of the molecule is Cl.OCC12CC(C1)C(C(F)F)N2. The molecule has 1 atom stereocenters. The maximum atomic E-state index is 12.2. The standard InChI is InChI=1S/C7H11F2NO.ClH/c8-6(9)5-4-1-7(2-4,3-11)10-5;/h4-6,10-11H,1-3H2;1H. The van der Waals surface area contributed by atoms with Gasteiger partial charge in [-0.1, -0.05) is 0 Å². The molecule has 2 N–H and O–H groups in total. The normalized spacial score (nSPS) is 44.0. The van der Waals surface area contributed by atoms with Gasteiger partial charge in [-0.25, -0.2) is 8.78 Å². The summed E-state index contributed by atoms with van der Waals surface area (Å²) >= 11 is 0. The van der Waals surface area contributed by atoms with Gasteiger partial charge in [0.15, 0.2) is 0 Å². The highest BCUT2D eigenvalue weighted by molar-refractivity contribution is 5.85. The minimum Gasteiger partial charge on any atom is -0.394 e. The molecule has 5 heteroatoms. The molecule has 0 aromatic rings. The molecule has 0 spiro atoms. The highest BCUT2D eigenvalue weighted by Gasteiger charge is 2.57. The molecule has 2 nitrogen and oxygen atoms in total. The van der Waals surface area contributed by atoms with E-state index in [2.05, 4.69) is 5.32 Å². The van der Waals surface area contributed by atoms with Gasteiger partial charge in [0.2, 0.25) is 0 Å². The number of rotatable bonds is 2. The topological polar surface area (TPSA) is 32.3 Å². The first-order valence-corrected chi connectivity index (χ1v) is 3.84. The van der Waals surface area contributed by atoms with Gasteiger partial charge < -0.3 is 10.4 Å². The summed E-state index contributed by atoms with van der Waals surface area (Å²) in [7, 11) is 0. The number of alkyl halides is 2. The molecule has 2 saturated heterocycles. The minimum absolute atomic E-state index is 0. The van der Waals surface area contributed by atoms with Crippen LogP contribution in [0.2, 0.25) is 0 Å². The van der Waals surface area contributed by atoms with E-state index in [9.17, 15) is 8.78 Å². The Morgan fingerprint density at radius 2 is 2.08 bits per heavy atom. The second kappa shape index (κ2) is 3.09. The van der Waals surface area contributed by atoms with Crippen molar-refractivity contribution in [2.24, 2.45) is 5.92 Å². The molecule has 3 aliphatic rings. The smallest absolute Gasteiger partial charge is 0.253 e. The van der Waals surface area contributed by atoms with E-state index in [0.29, 0.717) is 0 Å². The van der Waals surface area contributed by atoms with Crippen molar-refractivity contribution in [3.8, 4) is 0 Å². The molecular formula is C7H12ClF2NO. The van der Waals surface area contributed by atoms with Crippen LogP contribution in [0.15, 0.2) is 0 Å². The molecule has 0 amide bonds. The lowest BCUT2D eigenvalue weighted by Gasteiger charge is -2.35. The van der Waals surface area contributed by atoms with Crippen molar-refractivity contribution in [1.29, 1.82) is 0 Å². The molecule has 0 aromatic heterocycles. The highest BCUT2D eigenvalue weighted by Crippen LogP contribution is 2.48. The van der Waals surface area contributed by atoms with E-state index in [1.54, 1.807) is 0 Å². The van der Waals surface area contributed by atoms with Gasteiger partial charge in [-0.3, -0.25) is 0 Å². The number of hydrogen-bond donors (Lipinski definition) is 2. The minimum atomic E-state index is -2.28. The summed E-state index contributed by atoms with van der Waals surface area (Å²) in [6, 6.07) is -0.665. The Bertz CT molecular complexity index is 173. The molecule has 1 unspecified atom stereocenters. The number of fused-ring (bicyclic) bond motifs is 1. The number of nitrogens with one attached hydrogen (secondary N) is 1. The summed E-state index contributed by atoms with van der Waals surface area (Å²) in [6.45, 7) is -0.00722. The first-order valence-electron chi connectivity index (χ1n) is 3.84. The Morgan fingerprint density at radius 3 is 2.33 bits per heavy atom. The van der Waals surface area contributed by atoms with Crippen LogP contribution < -0.4 is 5.32 Å². The second-order valence-electron chi connectivity index (χ2n) is 3.61. The summed E-state index contributed by atoms with van der Waals surface area (Å²) in [5.41, 5.74) is -0.342. The molecule has 0 radical (unpaired) electrons. The molecule has 2 bridgehead atoms. The van der Waals surface area contributed by atoms with E-state index in [1.807, 2.05) is 0 Å². The van der Waals surface area contributed by atoms with Gasteiger partial charge in [-0.05, 0) is 18.8 Å². The van der Waals surface area contributed by atoms with Crippen LogP contribution in [0.25, 0.3) is 0 Å². The van der Waals surface area contributed by atoms with Crippen molar-refractivity contribution >= 4 is 12.4 Å². The lowest BCUT2D eigenvalue weighted by Crippen LogP contribution is -2.47. The molecule has 12 heavy (non-hydrogen) atoms. The van der Waals surface area contributed by atoms with E-state index < -0.39 is 12.5 Å². The van der Waals surface area contributed by atoms with Crippen molar-refractivity contribution in [3.05, 3.63) is 0 Å². The average Bonchev–Trinajstić information content (AvgIpc) is 2.38.